The Morgan fingerprint density at radius 3 is 2.93 bits per heavy atom. The molecule has 3 rings (SSSR count). The highest BCUT2D eigenvalue weighted by Gasteiger charge is 2.30. The van der Waals surface area contributed by atoms with E-state index < -0.39 is 15.9 Å². The maximum atomic E-state index is 12.7. The van der Waals surface area contributed by atoms with Gasteiger partial charge in [0.1, 0.15) is 5.75 Å². The van der Waals surface area contributed by atoms with Gasteiger partial charge in [-0.1, -0.05) is 17.3 Å². The van der Waals surface area contributed by atoms with E-state index in [2.05, 4.69) is 10.9 Å². The number of carbonyl (C=O) groups is 1. The average molecular weight is 408 g/mol. The molecule has 7 nitrogen and oxygen atoms in total. The fraction of sp³-hybridized carbons (Fsp3) is 0.444. The van der Waals surface area contributed by atoms with E-state index in [1.807, 2.05) is 22.8 Å². The zero-order chi connectivity index (χ0) is 19.6. The van der Waals surface area contributed by atoms with E-state index in [9.17, 15) is 13.2 Å². The minimum Gasteiger partial charge on any atom is -0.497 e. The van der Waals surface area contributed by atoms with Gasteiger partial charge < -0.3 is 9.30 Å². The first-order valence-corrected chi connectivity index (χ1v) is 11.1. The van der Waals surface area contributed by atoms with Crippen molar-refractivity contribution in [1.82, 2.24) is 8.87 Å². The number of thiazole rings is 1. The molecule has 1 amide bonds. The molecular formula is C18H21N3O4S2. The smallest absolute Gasteiger partial charge is 0.252 e. The highest BCUT2D eigenvalue weighted by molar-refractivity contribution is 7.88. The van der Waals surface area contributed by atoms with Crippen molar-refractivity contribution >= 4 is 37.5 Å². The van der Waals surface area contributed by atoms with Crippen LogP contribution >= 0.6 is 11.3 Å². The summed E-state index contributed by atoms with van der Waals surface area (Å²) in [5.74, 6) is 2.55. The van der Waals surface area contributed by atoms with Crippen molar-refractivity contribution < 1.29 is 17.9 Å². The molecule has 2 aromatic rings. The van der Waals surface area contributed by atoms with Gasteiger partial charge in [-0.2, -0.15) is 4.99 Å². The molecule has 0 saturated carbocycles. The number of methoxy groups -OCH3 is 1. The van der Waals surface area contributed by atoms with Crippen LogP contribution in [0.2, 0.25) is 0 Å². The van der Waals surface area contributed by atoms with Crippen molar-refractivity contribution in [1.29, 1.82) is 0 Å². The Kier molecular flexibility index (Phi) is 5.69. The Morgan fingerprint density at radius 1 is 1.48 bits per heavy atom. The van der Waals surface area contributed by atoms with E-state index in [1.165, 1.54) is 15.6 Å². The van der Waals surface area contributed by atoms with Crippen LogP contribution in [0.4, 0.5) is 0 Å². The molecule has 1 aliphatic rings. The van der Waals surface area contributed by atoms with Gasteiger partial charge in [-0.15, -0.1) is 6.42 Å². The van der Waals surface area contributed by atoms with Crippen LogP contribution in [0.1, 0.15) is 12.8 Å². The number of fused-ring (bicyclic) bond motifs is 1. The Hall–Kier alpha value is -2.15. The third-order valence-corrected chi connectivity index (χ3v) is 6.86. The summed E-state index contributed by atoms with van der Waals surface area (Å²) in [6.45, 7) is 0.913. The molecule has 0 aliphatic carbocycles. The van der Waals surface area contributed by atoms with Crippen LogP contribution in [-0.2, 0) is 21.4 Å². The van der Waals surface area contributed by atoms with Gasteiger partial charge >= 0.3 is 0 Å². The number of piperidine rings is 1. The molecule has 1 fully saturated rings. The average Bonchev–Trinajstić information content (AvgIpc) is 2.97. The Bertz CT molecular complexity index is 1080. The lowest BCUT2D eigenvalue weighted by molar-refractivity contribution is -0.122. The Labute approximate surface area is 162 Å². The first-order valence-electron chi connectivity index (χ1n) is 8.48. The number of aromatic nitrogens is 1. The quantitative estimate of drug-likeness (QED) is 0.719. The highest BCUT2D eigenvalue weighted by atomic mass is 32.2. The summed E-state index contributed by atoms with van der Waals surface area (Å²) in [6, 6.07) is 5.60. The second-order valence-electron chi connectivity index (χ2n) is 6.42. The lowest BCUT2D eigenvalue weighted by Gasteiger charge is -2.28. The molecule has 1 aromatic heterocycles. The molecule has 9 heteroatoms. The topological polar surface area (TPSA) is 81.0 Å². The number of benzene rings is 1. The van der Waals surface area contributed by atoms with Gasteiger partial charge in [0, 0.05) is 13.1 Å². The molecular weight excluding hydrogens is 386 g/mol. The van der Waals surface area contributed by atoms with Gasteiger partial charge in [-0.05, 0) is 31.0 Å². The van der Waals surface area contributed by atoms with Gasteiger partial charge in [0.2, 0.25) is 10.0 Å². The second kappa shape index (κ2) is 7.84. The molecule has 1 atom stereocenters. The molecule has 1 saturated heterocycles. The van der Waals surface area contributed by atoms with Crippen LogP contribution < -0.4 is 9.54 Å². The predicted octanol–water partition coefficient (Wildman–Crippen LogP) is 1.44. The summed E-state index contributed by atoms with van der Waals surface area (Å²) in [5.41, 5.74) is 0.881. The Balaban J connectivity index is 1.98. The maximum absolute atomic E-state index is 12.7. The normalized spacial score (nSPS) is 19.1. The molecule has 1 aliphatic heterocycles. The summed E-state index contributed by atoms with van der Waals surface area (Å²) in [5, 5.41) is 0. The minimum atomic E-state index is -3.31. The van der Waals surface area contributed by atoms with Crippen LogP contribution in [0, 0.1) is 18.3 Å². The Morgan fingerprint density at radius 2 is 2.26 bits per heavy atom. The van der Waals surface area contributed by atoms with E-state index in [4.69, 9.17) is 11.2 Å². The van der Waals surface area contributed by atoms with E-state index in [-0.39, 0.29) is 12.5 Å². The summed E-state index contributed by atoms with van der Waals surface area (Å²) < 4.78 is 32.9. The summed E-state index contributed by atoms with van der Waals surface area (Å²) in [4.78, 5) is 17.5. The lowest BCUT2D eigenvalue weighted by Crippen LogP contribution is -2.41. The van der Waals surface area contributed by atoms with Crippen molar-refractivity contribution in [3.05, 3.63) is 23.0 Å². The first kappa shape index (κ1) is 19.6. The number of sulfonamides is 1. The third kappa shape index (κ3) is 4.24. The number of amides is 1. The van der Waals surface area contributed by atoms with E-state index >= 15 is 0 Å². The predicted molar refractivity (Wildman–Crippen MR) is 105 cm³/mol. The summed E-state index contributed by atoms with van der Waals surface area (Å²) in [6.07, 6.45) is 7.92. The molecule has 1 aromatic carbocycles. The molecule has 2 heterocycles. The van der Waals surface area contributed by atoms with Crippen LogP contribution in [-0.4, -0.2) is 49.7 Å². The van der Waals surface area contributed by atoms with Gasteiger partial charge in [0.05, 0.1) is 36.0 Å². The largest absolute Gasteiger partial charge is 0.497 e. The first-order chi connectivity index (χ1) is 12.8. The van der Waals surface area contributed by atoms with Crippen molar-refractivity contribution in [2.45, 2.75) is 19.4 Å². The zero-order valence-electron chi connectivity index (χ0n) is 15.2. The molecule has 1 unspecified atom stereocenters. The van der Waals surface area contributed by atoms with Gasteiger partial charge in [0.15, 0.2) is 4.80 Å². The standard InChI is InChI=1S/C18H21N3O4S2/c1-4-9-21-15-8-7-14(25-2)11-16(15)26-18(21)19-17(22)13-6-5-10-20(12-13)27(3,23)24/h1,7-8,11,13H,5-6,9-10,12H2,2-3H3. The maximum Gasteiger partial charge on any atom is 0.252 e. The summed E-state index contributed by atoms with van der Waals surface area (Å²) >= 11 is 1.36. The van der Waals surface area contributed by atoms with Crippen molar-refractivity contribution in [2.75, 3.05) is 26.5 Å². The van der Waals surface area contributed by atoms with Crippen molar-refractivity contribution in [3.8, 4) is 18.1 Å². The number of ether oxygens (including phenoxy) is 1. The van der Waals surface area contributed by atoms with E-state index in [1.54, 1.807) is 7.11 Å². The van der Waals surface area contributed by atoms with Crippen LogP contribution in [0.15, 0.2) is 23.2 Å². The third-order valence-electron chi connectivity index (χ3n) is 4.55. The van der Waals surface area contributed by atoms with Crippen molar-refractivity contribution in [2.24, 2.45) is 10.9 Å². The van der Waals surface area contributed by atoms with Gasteiger partial charge in [-0.3, -0.25) is 4.79 Å². The van der Waals surface area contributed by atoms with E-state index in [0.717, 1.165) is 16.5 Å². The molecule has 0 radical (unpaired) electrons. The zero-order valence-corrected chi connectivity index (χ0v) is 16.8. The fourth-order valence-corrected chi connectivity index (χ4v) is 5.12. The number of terminal acetylenes is 1. The second-order valence-corrected chi connectivity index (χ2v) is 9.41. The molecule has 0 spiro atoms. The summed E-state index contributed by atoms with van der Waals surface area (Å²) in [7, 11) is -1.72. The van der Waals surface area contributed by atoms with Crippen LogP contribution in [0.25, 0.3) is 10.2 Å². The van der Waals surface area contributed by atoms with Gasteiger partial charge in [0.25, 0.3) is 5.91 Å². The monoisotopic (exact) mass is 407 g/mol. The SMILES string of the molecule is C#CCn1c(=NC(=O)C2CCCN(S(C)(=O)=O)C2)sc2cc(OC)ccc21. The van der Waals surface area contributed by atoms with Crippen LogP contribution in [0.5, 0.6) is 5.75 Å². The van der Waals surface area contributed by atoms with Crippen LogP contribution in [0.3, 0.4) is 0 Å². The lowest BCUT2D eigenvalue weighted by atomic mass is 9.99. The number of carbonyl (C=O) groups excluding carboxylic acids is 1. The molecule has 144 valence electrons. The van der Waals surface area contributed by atoms with Gasteiger partial charge in [-0.25, -0.2) is 12.7 Å². The number of rotatable bonds is 4. The van der Waals surface area contributed by atoms with Crippen molar-refractivity contribution in [3.63, 3.8) is 0 Å². The fourth-order valence-electron chi connectivity index (χ4n) is 3.14. The molecule has 0 N–H and O–H groups in total. The number of nitrogens with zero attached hydrogens (tertiary/aromatic N) is 3. The van der Waals surface area contributed by atoms with E-state index in [0.29, 0.717) is 36.5 Å². The number of hydrogen-bond acceptors (Lipinski definition) is 5. The highest BCUT2D eigenvalue weighted by Crippen LogP contribution is 2.24. The molecule has 0 bridgehead atoms. The molecule has 27 heavy (non-hydrogen) atoms. The minimum absolute atomic E-state index is 0.176. The number of hydrogen-bond donors (Lipinski definition) is 0.